The van der Waals surface area contributed by atoms with Crippen molar-refractivity contribution in [3.8, 4) is 0 Å². The summed E-state index contributed by atoms with van der Waals surface area (Å²) in [6, 6.07) is 0. The van der Waals surface area contributed by atoms with Gasteiger partial charge in [-0.15, -0.1) is 0 Å². The van der Waals surface area contributed by atoms with Gasteiger partial charge in [-0.2, -0.15) is 0 Å². The van der Waals surface area contributed by atoms with Crippen LogP contribution in [0.1, 0.15) is 26.1 Å². The molecule has 1 N–H and O–H groups in total. The van der Waals surface area contributed by atoms with Gasteiger partial charge in [-0.25, -0.2) is 4.98 Å². The fraction of sp³-hybridized carbons (Fsp3) is 0.667. The minimum absolute atomic E-state index is 0.113. The molecule has 0 unspecified atom stereocenters. The molecule has 5 nitrogen and oxygen atoms in total. The van der Waals surface area contributed by atoms with Gasteiger partial charge >= 0.3 is 0 Å². The highest BCUT2D eigenvalue weighted by Crippen LogP contribution is 1.99. The highest BCUT2D eigenvalue weighted by atomic mass is 16.2. The summed E-state index contributed by atoms with van der Waals surface area (Å²) in [5.74, 6) is 1.03. The minimum atomic E-state index is 0.113. The lowest BCUT2D eigenvalue weighted by Crippen LogP contribution is -2.30. The van der Waals surface area contributed by atoms with E-state index in [1.54, 1.807) is 11.1 Å². The van der Waals surface area contributed by atoms with E-state index in [0.29, 0.717) is 13.1 Å². The molecule has 0 bridgehead atoms. The molecule has 17 heavy (non-hydrogen) atoms. The van der Waals surface area contributed by atoms with E-state index < -0.39 is 0 Å². The number of carbonyl (C=O) groups is 1. The Kier molecular flexibility index (Phi) is 5.69. The molecular weight excluding hydrogens is 216 g/mol. The minimum Gasteiger partial charge on any atom is -0.344 e. The molecule has 1 aromatic heterocycles. The van der Waals surface area contributed by atoms with Gasteiger partial charge in [-0.3, -0.25) is 4.79 Å². The maximum atomic E-state index is 11.8. The van der Waals surface area contributed by atoms with Crippen LogP contribution < -0.4 is 5.32 Å². The number of likely N-dealkylation sites (N-methyl/N-ethyl adjacent to an activating group) is 1. The van der Waals surface area contributed by atoms with Gasteiger partial charge < -0.3 is 14.8 Å². The normalized spacial score (nSPS) is 10.5. The highest BCUT2D eigenvalue weighted by Gasteiger charge is 2.10. The zero-order valence-electron chi connectivity index (χ0n) is 10.9. The van der Waals surface area contributed by atoms with E-state index in [-0.39, 0.29) is 5.91 Å². The predicted octanol–water partition coefficient (Wildman–Crippen LogP) is 0.861. The molecular formula is C12H22N4O. The Labute approximate surface area is 103 Å². The Hall–Kier alpha value is -1.36. The molecule has 0 spiro atoms. The monoisotopic (exact) mass is 238 g/mol. The number of imidazole rings is 1. The second-order valence-corrected chi connectivity index (χ2v) is 4.06. The third-order valence-corrected chi connectivity index (χ3v) is 2.72. The average molecular weight is 238 g/mol. The second-order valence-electron chi connectivity index (χ2n) is 4.06. The predicted molar refractivity (Wildman–Crippen MR) is 67.5 cm³/mol. The summed E-state index contributed by atoms with van der Waals surface area (Å²) in [6.07, 6.45) is 4.69. The van der Waals surface area contributed by atoms with E-state index in [4.69, 9.17) is 0 Å². The van der Waals surface area contributed by atoms with E-state index in [2.05, 4.69) is 17.2 Å². The first-order chi connectivity index (χ1) is 8.19. The molecule has 0 aliphatic rings. The molecule has 1 heterocycles. The quantitative estimate of drug-likeness (QED) is 0.717. The summed E-state index contributed by atoms with van der Waals surface area (Å²) in [5, 5.41) is 3.29. The van der Waals surface area contributed by atoms with Crippen LogP contribution in [-0.2, 0) is 17.9 Å². The van der Waals surface area contributed by atoms with E-state index >= 15 is 0 Å². The molecule has 0 aromatic carbocycles. The first kappa shape index (κ1) is 13.7. The molecule has 0 saturated carbocycles. The van der Waals surface area contributed by atoms with Gasteiger partial charge in [0.1, 0.15) is 12.4 Å². The van der Waals surface area contributed by atoms with Crippen LogP contribution in [0.5, 0.6) is 0 Å². The van der Waals surface area contributed by atoms with Crippen LogP contribution in [0.25, 0.3) is 0 Å². The van der Waals surface area contributed by atoms with Crippen molar-refractivity contribution < 1.29 is 4.79 Å². The Bertz CT molecular complexity index is 348. The van der Waals surface area contributed by atoms with Crippen LogP contribution in [0.2, 0.25) is 0 Å². The highest BCUT2D eigenvalue weighted by molar-refractivity contribution is 5.75. The van der Waals surface area contributed by atoms with Gasteiger partial charge in [0.05, 0.1) is 6.54 Å². The largest absolute Gasteiger partial charge is 0.344 e. The van der Waals surface area contributed by atoms with Crippen molar-refractivity contribution in [3.63, 3.8) is 0 Å². The van der Waals surface area contributed by atoms with Crippen molar-refractivity contribution >= 4 is 5.91 Å². The van der Waals surface area contributed by atoms with Crippen molar-refractivity contribution in [2.45, 2.75) is 33.4 Å². The zero-order chi connectivity index (χ0) is 12.7. The number of amides is 1. The third kappa shape index (κ3) is 4.19. The average Bonchev–Trinajstić information content (AvgIpc) is 2.76. The molecule has 0 fully saturated rings. The van der Waals surface area contributed by atoms with Gasteiger partial charge in [0.15, 0.2) is 0 Å². The first-order valence-corrected chi connectivity index (χ1v) is 6.13. The lowest BCUT2D eigenvalue weighted by molar-refractivity contribution is -0.130. The molecule has 0 aliphatic heterocycles. The summed E-state index contributed by atoms with van der Waals surface area (Å²) in [6.45, 7) is 6.87. The number of rotatable bonds is 7. The molecule has 96 valence electrons. The smallest absolute Gasteiger partial charge is 0.242 e. The molecule has 5 heteroatoms. The van der Waals surface area contributed by atoms with Gasteiger partial charge in [-0.05, 0) is 19.9 Å². The zero-order valence-corrected chi connectivity index (χ0v) is 10.9. The molecule has 1 amide bonds. The van der Waals surface area contributed by atoms with Crippen molar-refractivity contribution in [1.29, 1.82) is 0 Å². The molecule has 0 radical (unpaired) electrons. The molecule has 1 aromatic rings. The van der Waals surface area contributed by atoms with Crippen LogP contribution >= 0.6 is 0 Å². The Balaban J connectivity index is 2.53. The van der Waals surface area contributed by atoms with Crippen LogP contribution in [0, 0.1) is 0 Å². The van der Waals surface area contributed by atoms with Gasteiger partial charge in [0, 0.05) is 26.0 Å². The Morgan fingerprint density at radius 2 is 2.29 bits per heavy atom. The topological polar surface area (TPSA) is 50.2 Å². The third-order valence-electron chi connectivity index (χ3n) is 2.72. The fourth-order valence-corrected chi connectivity index (χ4v) is 1.47. The van der Waals surface area contributed by atoms with E-state index in [1.807, 2.05) is 24.7 Å². The maximum absolute atomic E-state index is 11.8. The molecule has 0 atom stereocenters. The van der Waals surface area contributed by atoms with Crippen molar-refractivity contribution in [2.24, 2.45) is 0 Å². The van der Waals surface area contributed by atoms with Crippen LogP contribution in [0.15, 0.2) is 12.4 Å². The van der Waals surface area contributed by atoms with Gasteiger partial charge in [0.25, 0.3) is 0 Å². The Morgan fingerprint density at radius 3 is 2.94 bits per heavy atom. The summed E-state index contributed by atoms with van der Waals surface area (Å²) in [4.78, 5) is 17.7. The van der Waals surface area contributed by atoms with Crippen LogP contribution in [-0.4, -0.2) is 40.5 Å². The van der Waals surface area contributed by atoms with E-state index in [9.17, 15) is 4.79 Å². The summed E-state index contributed by atoms with van der Waals surface area (Å²) < 4.78 is 1.90. The summed E-state index contributed by atoms with van der Waals surface area (Å²) in [5.41, 5.74) is 0. The van der Waals surface area contributed by atoms with E-state index in [1.165, 1.54) is 0 Å². The lowest BCUT2D eigenvalue weighted by Gasteiger charge is -2.15. The van der Waals surface area contributed by atoms with Crippen molar-refractivity contribution in [1.82, 2.24) is 19.8 Å². The Morgan fingerprint density at radius 1 is 1.53 bits per heavy atom. The number of carbonyl (C=O) groups excluding carboxylic acids is 1. The maximum Gasteiger partial charge on any atom is 0.242 e. The lowest BCUT2D eigenvalue weighted by atomic mass is 10.4. The first-order valence-electron chi connectivity index (χ1n) is 6.13. The summed E-state index contributed by atoms with van der Waals surface area (Å²) >= 11 is 0. The SMILES string of the molecule is CCCNCc1nccn1CC(=O)N(C)CC. The number of nitrogens with one attached hydrogen (secondary N) is 1. The number of nitrogens with zero attached hydrogens (tertiary/aromatic N) is 3. The van der Waals surface area contributed by atoms with Gasteiger partial charge in [-0.1, -0.05) is 6.92 Å². The van der Waals surface area contributed by atoms with Crippen molar-refractivity contribution in [3.05, 3.63) is 18.2 Å². The van der Waals surface area contributed by atoms with E-state index in [0.717, 1.165) is 25.3 Å². The summed E-state index contributed by atoms with van der Waals surface area (Å²) in [7, 11) is 1.81. The number of hydrogen-bond acceptors (Lipinski definition) is 3. The molecule has 1 rings (SSSR count). The van der Waals surface area contributed by atoms with Gasteiger partial charge in [0.2, 0.25) is 5.91 Å². The fourth-order valence-electron chi connectivity index (χ4n) is 1.47. The van der Waals surface area contributed by atoms with Crippen LogP contribution in [0.3, 0.4) is 0 Å². The molecule has 0 aliphatic carbocycles. The molecule has 0 saturated heterocycles. The van der Waals surface area contributed by atoms with Crippen LogP contribution in [0.4, 0.5) is 0 Å². The number of hydrogen-bond donors (Lipinski definition) is 1. The standard InChI is InChI=1S/C12H22N4O/c1-4-6-13-9-11-14-7-8-16(11)10-12(17)15(3)5-2/h7-8,13H,4-6,9-10H2,1-3H3. The second kappa shape index (κ2) is 7.06. The number of aromatic nitrogens is 2. The van der Waals surface area contributed by atoms with Crippen molar-refractivity contribution in [2.75, 3.05) is 20.1 Å².